The van der Waals surface area contributed by atoms with E-state index in [-0.39, 0.29) is 42.4 Å². The SMILES string of the molecule is CC(=O)c1ccc(N2CC3=C(OCC(C)N=C3c3ccccc3OCC(F)(F)F)C2=O)cc1. The molecule has 0 fully saturated rings. The third-order valence-electron chi connectivity index (χ3n) is 5.25. The van der Waals surface area contributed by atoms with E-state index in [1.165, 1.54) is 17.9 Å². The van der Waals surface area contributed by atoms with E-state index in [0.717, 1.165) is 0 Å². The Morgan fingerprint density at radius 2 is 1.88 bits per heavy atom. The molecule has 33 heavy (non-hydrogen) atoms. The van der Waals surface area contributed by atoms with Gasteiger partial charge in [0.25, 0.3) is 5.91 Å². The Morgan fingerprint density at radius 3 is 2.55 bits per heavy atom. The van der Waals surface area contributed by atoms with E-state index in [1.54, 1.807) is 49.4 Å². The number of Topliss-reactive ketones (excluding diaryl/α,β-unsaturated/α-hetero) is 1. The normalized spacial score (nSPS) is 18.5. The lowest BCUT2D eigenvalue weighted by atomic mass is 10.0. The van der Waals surface area contributed by atoms with Gasteiger partial charge in [-0.1, -0.05) is 12.1 Å². The summed E-state index contributed by atoms with van der Waals surface area (Å²) in [6, 6.07) is 12.6. The summed E-state index contributed by atoms with van der Waals surface area (Å²) in [4.78, 5) is 30.9. The smallest absolute Gasteiger partial charge is 0.422 e. The molecule has 0 spiro atoms. The molecular weight excluding hydrogens is 437 g/mol. The number of carbonyl (C=O) groups excluding carboxylic acids is 2. The first kappa shape index (κ1) is 22.6. The Kier molecular flexibility index (Phi) is 5.97. The minimum Gasteiger partial charge on any atom is -0.485 e. The Hall–Kier alpha value is -3.62. The van der Waals surface area contributed by atoms with Crippen LogP contribution in [-0.2, 0) is 9.53 Å². The number of hydrogen-bond acceptors (Lipinski definition) is 5. The minimum atomic E-state index is -4.49. The van der Waals surface area contributed by atoms with Crippen LogP contribution in [0.3, 0.4) is 0 Å². The Balaban J connectivity index is 1.70. The van der Waals surface area contributed by atoms with Gasteiger partial charge in [-0.3, -0.25) is 14.6 Å². The van der Waals surface area contributed by atoms with Crippen LogP contribution in [0.2, 0.25) is 0 Å². The second kappa shape index (κ2) is 8.73. The number of anilines is 1. The lowest BCUT2D eigenvalue weighted by Gasteiger charge is -2.19. The molecule has 2 aliphatic heterocycles. The van der Waals surface area contributed by atoms with Crippen molar-refractivity contribution in [1.29, 1.82) is 0 Å². The minimum absolute atomic E-state index is 0.0197. The molecule has 1 amide bonds. The number of carbonyl (C=O) groups is 2. The van der Waals surface area contributed by atoms with Crippen LogP contribution in [0.25, 0.3) is 0 Å². The van der Waals surface area contributed by atoms with Crippen LogP contribution in [0.5, 0.6) is 5.75 Å². The van der Waals surface area contributed by atoms with Crippen molar-refractivity contribution in [2.45, 2.75) is 26.1 Å². The van der Waals surface area contributed by atoms with Crippen molar-refractivity contribution in [2.24, 2.45) is 4.99 Å². The van der Waals surface area contributed by atoms with Crippen molar-refractivity contribution in [2.75, 3.05) is 24.7 Å². The van der Waals surface area contributed by atoms with Gasteiger partial charge in [0, 0.05) is 22.4 Å². The number of ketones is 1. The summed E-state index contributed by atoms with van der Waals surface area (Å²) >= 11 is 0. The van der Waals surface area contributed by atoms with Crippen molar-refractivity contribution in [3.8, 4) is 5.75 Å². The van der Waals surface area contributed by atoms with E-state index >= 15 is 0 Å². The van der Waals surface area contributed by atoms with Crippen LogP contribution in [0.4, 0.5) is 18.9 Å². The lowest BCUT2D eigenvalue weighted by Crippen LogP contribution is -2.29. The molecule has 2 aromatic carbocycles. The summed E-state index contributed by atoms with van der Waals surface area (Å²) in [6.07, 6.45) is -4.49. The second-order valence-electron chi connectivity index (χ2n) is 7.84. The second-order valence-corrected chi connectivity index (χ2v) is 7.84. The molecule has 4 rings (SSSR count). The van der Waals surface area contributed by atoms with Gasteiger partial charge in [-0.25, -0.2) is 0 Å². The van der Waals surface area contributed by atoms with Gasteiger partial charge in [0.05, 0.1) is 18.3 Å². The number of ether oxygens (including phenoxy) is 2. The van der Waals surface area contributed by atoms with Crippen molar-refractivity contribution in [1.82, 2.24) is 0 Å². The molecule has 1 atom stereocenters. The maximum absolute atomic E-state index is 13.2. The molecule has 0 aromatic heterocycles. The largest absolute Gasteiger partial charge is 0.485 e. The van der Waals surface area contributed by atoms with Gasteiger partial charge in [-0.15, -0.1) is 0 Å². The van der Waals surface area contributed by atoms with Crippen LogP contribution < -0.4 is 9.64 Å². The molecule has 0 N–H and O–H groups in total. The standard InChI is InChI=1S/C24H21F3N2O4/c1-14-12-32-22-19(11-29(23(22)31)17-9-7-16(8-10-17)15(2)30)21(28-14)18-5-3-4-6-20(18)33-13-24(25,26)27/h3-10,14H,11-13H2,1-2H3. The first-order chi connectivity index (χ1) is 15.6. The molecule has 172 valence electrons. The van der Waals surface area contributed by atoms with Crippen LogP contribution in [0, 0.1) is 0 Å². The molecule has 0 saturated heterocycles. The number of amides is 1. The highest BCUT2D eigenvalue weighted by molar-refractivity contribution is 6.23. The predicted molar refractivity (Wildman–Crippen MR) is 116 cm³/mol. The summed E-state index contributed by atoms with van der Waals surface area (Å²) in [5.41, 5.74) is 2.28. The number of para-hydroxylation sites is 1. The summed E-state index contributed by atoms with van der Waals surface area (Å²) < 4.78 is 49.1. The summed E-state index contributed by atoms with van der Waals surface area (Å²) in [5, 5.41) is 0. The zero-order valence-electron chi connectivity index (χ0n) is 18.0. The maximum atomic E-state index is 13.2. The summed E-state index contributed by atoms with van der Waals surface area (Å²) in [5.74, 6) is -0.341. The molecule has 0 bridgehead atoms. The van der Waals surface area contributed by atoms with Gasteiger partial charge in [-0.05, 0) is 50.2 Å². The number of nitrogens with zero attached hydrogens (tertiary/aromatic N) is 2. The van der Waals surface area contributed by atoms with E-state index in [9.17, 15) is 22.8 Å². The molecule has 0 aliphatic carbocycles. The molecule has 2 heterocycles. The number of halogens is 3. The molecule has 1 unspecified atom stereocenters. The molecule has 2 aliphatic rings. The van der Waals surface area contributed by atoms with Crippen LogP contribution in [0.15, 0.2) is 64.9 Å². The van der Waals surface area contributed by atoms with E-state index < -0.39 is 12.8 Å². The summed E-state index contributed by atoms with van der Waals surface area (Å²) in [6.45, 7) is 2.08. The van der Waals surface area contributed by atoms with E-state index in [1.807, 2.05) is 0 Å². The van der Waals surface area contributed by atoms with Crippen molar-refractivity contribution in [3.63, 3.8) is 0 Å². The molecular formula is C24H21F3N2O4. The average Bonchev–Trinajstić information content (AvgIpc) is 3.00. The third-order valence-corrected chi connectivity index (χ3v) is 5.25. The highest BCUT2D eigenvalue weighted by Gasteiger charge is 2.38. The van der Waals surface area contributed by atoms with E-state index in [2.05, 4.69) is 4.99 Å². The van der Waals surface area contributed by atoms with Gasteiger partial charge >= 0.3 is 6.18 Å². The maximum Gasteiger partial charge on any atom is 0.422 e. The van der Waals surface area contributed by atoms with Gasteiger partial charge in [0.15, 0.2) is 18.1 Å². The predicted octanol–water partition coefficient (Wildman–Crippen LogP) is 4.34. The Labute approximate surface area is 188 Å². The average molecular weight is 458 g/mol. The van der Waals surface area contributed by atoms with Gasteiger partial charge < -0.3 is 14.4 Å². The van der Waals surface area contributed by atoms with Crippen LogP contribution in [-0.4, -0.2) is 49.4 Å². The van der Waals surface area contributed by atoms with Gasteiger partial charge in [0.1, 0.15) is 12.4 Å². The number of alkyl halides is 3. The fourth-order valence-corrected chi connectivity index (χ4v) is 3.69. The van der Waals surface area contributed by atoms with E-state index in [0.29, 0.717) is 28.1 Å². The van der Waals surface area contributed by atoms with Crippen molar-refractivity contribution in [3.05, 3.63) is 71.0 Å². The molecule has 9 heteroatoms. The fourth-order valence-electron chi connectivity index (χ4n) is 3.69. The van der Waals surface area contributed by atoms with Crippen molar-refractivity contribution < 1.29 is 32.2 Å². The fraction of sp³-hybridized carbons (Fsp3) is 0.292. The number of benzene rings is 2. The number of aliphatic imine (C=N–C) groups is 1. The van der Waals surface area contributed by atoms with E-state index in [4.69, 9.17) is 9.47 Å². The molecule has 0 saturated carbocycles. The number of rotatable bonds is 5. The first-order valence-corrected chi connectivity index (χ1v) is 10.3. The summed E-state index contributed by atoms with van der Waals surface area (Å²) in [7, 11) is 0. The molecule has 2 aromatic rings. The Bertz CT molecular complexity index is 1150. The zero-order valence-corrected chi connectivity index (χ0v) is 18.0. The highest BCUT2D eigenvalue weighted by atomic mass is 19.4. The number of hydrogen-bond donors (Lipinski definition) is 0. The Morgan fingerprint density at radius 1 is 1.18 bits per heavy atom. The van der Waals surface area contributed by atoms with Crippen LogP contribution in [0.1, 0.15) is 29.8 Å². The highest BCUT2D eigenvalue weighted by Crippen LogP contribution is 2.34. The molecule has 0 radical (unpaired) electrons. The van der Waals surface area contributed by atoms with Crippen molar-refractivity contribution >= 4 is 23.1 Å². The zero-order chi connectivity index (χ0) is 23.8. The molecule has 6 nitrogen and oxygen atoms in total. The monoisotopic (exact) mass is 458 g/mol. The first-order valence-electron chi connectivity index (χ1n) is 10.3. The lowest BCUT2D eigenvalue weighted by molar-refractivity contribution is -0.153. The van der Waals surface area contributed by atoms with Gasteiger partial charge in [-0.2, -0.15) is 13.2 Å². The third kappa shape index (κ3) is 4.76. The van der Waals surface area contributed by atoms with Gasteiger partial charge in [0.2, 0.25) is 0 Å². The van der Waals surface area contributed by atoms with Crippen LogP contribution >= 0.6 is 0 Å². The quantitative estimate of drug-likeness (QED) is 0.626. The topological polar surface area (TPSA) is 68.2 Å².